The van der Waals surface area contributed by atoms with Gasteiger partial charge in [-0.1, -0.05) is 33.6 Å². The number of carboxylic acids is 1. The van der Waals surface area contributed by atoms with Crippen molar-refractivity contribution in [3.63, 3.8) is 0 Å². The molecule has 1 unspecified atom stereocenters. The molecule has 0 saturated heterocycles. The number of aliphatic carboxylic acids is 1. The summed E-state index contributed by atoms with van der Waals surface area (Å²) in [6.07, 6.45) is 3.15. The molecule has 0 aromatic carbocycles. The molecule has 0 rings (SSSR count). The van der Waals surface area contributed by atoms with Gasteiger partial charge in [-0.05, 0) is 12.3 Å². The Bertz CT molecular complexity index is 267. The zero-order valence-corrected chi connectivity index (χ0v) is 11.9. The van der Waals surface area contributed by atoms with Crippen molar-refractivity contribution in [1.29, 1.82) is 0 Å². The maximum atomic E-state index is 11.9. The van der Waals surface area contributed by atoms with E-state index in [9.17, 15) is 9.59 Å². The van der Waals surface area contributed by atoms with Crippen molar-refractivity contribution in [2.45, 2.75) is 52.5 Å². The quantitative estimate of drug-likeness (QED) is 0.656. The second kappa shape index (κ2) is 8.78. The van der Waals surface area contributed by atoms with Gasteiger partial charge in [-0.2, -0.15) is 0 Å². The normalized spacial score (nSPS) is 12.3. The average molecular weight is 258 g/mol. The second-order valence-corrected chi connectivity index (χ2v) is 5.03. The molecule has 0 aliphatic heterocycles. The Morgan fingerprint density at radius 1 is 1.28 bits per heavy atom. The standard InChI is InChI=1S/C13H26N2O3/c1-5-6-7-8-15(4)13(18)14-11(10(2)3)9-12(16)17/h10-11H,5-9H2,1-4H3,(H,14,18)(H,16,17). The maximum Gasteiger partial charge on any atom is 0.317 e. The van der Waals surface area contributed by atoms with Crippen LogP contribution in [0.25, 0.3) is 0 Å². The lowest BCUT2D eigenvalue weighted by Crippen LogP contribution is -2.46. The number of hydrogen-bond acceptors (Lipinski definition) is 2. The van der Waals surface area contributed by atoms with Crippen LogP contribution in [0.4, 0.5) is 4.79 Å². The average Bonchev–Trinajstić information content (AvgIpc) is 2.27. The van der Waals surface area contributed by atoms with Gasteiger partial charge in [0.1, 0.15) is 0 Å². The Labute approximate surface area is 110 Å². The molecular formula is C13H26N2O3. The predicted octanol–water partition coefficient (Wildman–Crippen LogP) is 2.32. The number of carboxylic acid groups (broad SMARTS) is 1. The number of carbonyl (C=O) groups excluding carboxylic acids is 1. The molecule has 0 aromatic rings. The number of amides is 2. The molecule has 0 aliphatic rings. The summed E-state index contributed by atoms with van der Waals surface area (Å²) in [4.78, 5) is 24.2. The largest absolute Gasteiger partial charge is 0.481 e. The number of nitrogens with zero attached hydrogens (tertiary/aromatic N) is 1. The number of urea groups is 1. The highest BCUT2D eigenvalue weighted by Gasteiger charge is 2.20. The van der Waals surface area contributed by atoms with E-state index in [4.69, 9.17) is 5.11 Å². The summed E-state index contributed by atoms with van der Waals surface area (Å²) in [5.74, 6) is -0.781. The van der Waals surface area contributed by atoms with E-state index in [1.165, 1.54) is 0 Å². The van der Waals surface area contributed by atoms with Crippen LogP contribution in [0.15, 0.2) is 0 Å². The van der Waals surface area contributed by atoms with E-state index in [-0.39, 0.29) is 24.4 Å². The molecule has 0 fully saturated rings. The van der Waals surface area contributed by atoms with Crippen LogP contribution in [0, 0.1) is 5.92 Å². The fourth-order valence-corrected chi connectivity index (χ4v) is 1.61. The highest BCUT2D eigenvalue weighted by molar-refractivity contribution is 5.75. The third-order valence-corrected chi connectivity index (χ3v) is 2.95. The summed E-state index contributed by atoms with van der Waals surface area (Å²) in [7, 11) is 1.74. The molecule has 0 heterocycles. The van der Waals surface area contributed by atoms with Gasteiger partial charge < -0.3 is 15.3 Å². The molecular weight excluding hydrogens is 232 g/mol. The smallest absolute Gasteiger partial charge is 0.317 e. The Morgan fingerprint density at radius 2 is 1.89 bits per heavy atom. The lowest BCUT2D eigenvalue weighted by atomic mass is 10.0. The van der Waals surface area contributed by atoms with Crippen LogP contribution < -0.4 is 5.32 Å². The van der Waals surface area contributed by atoms with Gasteiger partial charge in [0, 0.05) is 19.6 Å². The SMILES string of the molecule is CCCCCN(C)C(=O)NC(CC(=O)O)C(C)C. The van der Waals surface area contributed by atoms with Crippen LogP contribution >= 0.6 is 0 Å². The van der Waals surface area contributed by atoms with E-state index in [1.807, 2.05) is 13.8 Å². The molecule has 0 bridgehead atoms. The van der Waals surface area contributed by atoms with E-state index >= 15 is 0 Å². The zero-order valence-electron chi connectivity index (χ0n) is 11.9. The van der Waals surface area contributed by atoms with E-state index in [2.05, 4.69) is 12.2 Å². The van der Waals surface area contributed by atoms with E-state index in [0.717, 1.165) is 19.3 Å². The molecule has 0 saturated carbocycles. The minimum Gasteiger partial charge on any atom is -0.481 e. The van der Waals surface area contributed by atoms with Crippen LogP contribution in [0.2, 0.25) is 0 Å². The van der Waals surface area contributed by atoms with Crippen molar-refractivity contribution in [2.24, 2.45) is 5.92 Å². The van der Waals surface area contributed by atoms with Gasteiger partial charge in [-0.3, -0.25) is 4.79 Å². The van der Waals surface area contributed by atoms with E-state index < -0.39 is 5.97 Å². The molecule has 0 radical (unpaired) electrons. The highest BCUT2D eigenvalue weighted by Crippen LogP contribution is 2.07. The molecule has 5 heteroatoms. The molecule has 2 amide bonds. The lowest BCUT2D eigenvalue weighted by molar-refractivity contribution is -0.137. The third kappa shape index (κ3) is 7.14. The van der Waals surface area contributed by atoms with Crippen LogP contribution in [0.5, 0.6) is 0 Å². The Kier molecular flexibility index (Phi) is 8.16. The molecule has 5 nitrogen and oxygen atoms in total. The van der Waals surface area contributed by atoms with Crippen molar-refractivity contribution < 1.29 is 14.7 Å². The number of nitrogens with one attached hydrogen (secondary N) is 1. The number of rotatable bonds is 8. The van der Waals surface area contributed by atoms with Crippen LogP contribution in [-0.4, -0.2) is 41.6 Å². The molecule has 2 N–H and O–H groups in total. The van der Waals surface area contributed by atoms with Crippen molar-refractivity contribution in [3.8, 4) is 0 Å². The van der Waals surface area contributed by atoms with Crippen molar-refractivity contribution >= 4 is 12.0 Å². The Morgan fingerprint density at radius 3 is 2.33 bits per heavy atom. The van der Waals surface area contributed by atoms with Gasteiger partial charge in [0.25, 0.3) is 0 Å². The number of unbranched alkanes of at least 4 members (excludes halogenated alkanes) is 2. The number of carbonyl (C=O) groups is 2. The second-order valence-electron chi connectivity index (χ2n) is 5.03. The summed E-state index contributed by atoms with van der Waals surface area (Å²) in [6, 6.07) is -0.505. The molecule has 0 spiro atoms. The first kappa shape index (κ1) is 16.7. The Balaban J connectivity index is 4.19. The first-order valence-corrected chi connectivity index (χ1v) is 6.61. The summed E-state index contributed by atoms with van der Waals surface area (Å²) in [5, 5.41) is 11.6. The maximum absolute atomic E-state index is 11.9. The van der Waals surface area contributed by atoms with E-state index in [1.54, 1.807) is 11.9 Å². The fourth-order valence-electron chi connectivity index (χ4n) is 1.61. The first-order valence-electron chi connectivity index (χ1n) is 6.61. The first-order chi connectivity index (χ1) is 8.38. The number of hydrogen-bond donors (Lipinski definition) is 2. The minimum atomic E-state index is -0.886. The summed E-state index contributed by atoms with van der Waals surface area (Å²) < 4.78 is 0. The Hall–Kier alpha value is -1.26. The van der Waals surface area contributed by atoms with Crippen molar-refractivity contribution in [1.82, 2.24) is 10.2 Å². The molecule has 0 aromatic heterocycles. The summed E-state index contributed by atoms with van der Waals surface area (Å²) in [5.41, 5.74) is 0. The lowest BCUT2D eigenvalue weighted by Gasteiger charge is -2.25. The molecule has 0 aliphatic carbocycles. The van der Waals surface area contributed by atoms with Crippen molar-refractivity contribution in [3.05, 3.63) is 0 Å². The van der Waals surface area contributed by atoms with Gasteiger partial charge in [-0.25, -0.2) is 4.79 Å². The van der Waals surface area contributed by atoms with E-state index in [0.29, 0.717) is 6.54 Å². The minimum absolute atomic E-state index is 0.0355. The van der Waals surface area contributed by atoms with Crippen LogP contribution in [-0.2, 0) is 4.79 Å². The van der Waals surface area contributed by atoms with Gasteiger partial charge in [0.15, 0.2) is 0 Å². The fraction of sp³-hybridized carbons (Fsp3) is 0.846. The summed E-state index contributed by atoms with van der Waals surface area (Å²) in [6.45, 7) is 6.63. The molecule has 106 valence electrons. The monoisotopic (exact) mass is 258 g/mol. The molecule has 18 heavy (non-hydrogen) atoms. The van der Waals surface area contributed by atoms with Gasteiger partial charge in [0.05, 0.1) is 6.42 Å². The zero-order chi connectivity index (χ0) is 14.1. The van der Waals surface area contributed by atoms with Gasteiger partial charge in [0.2, 0.25) is 0 Å². The molecule has 1 atom stereocenters. The van der Waals surface area contributed by atoms with Crippen LogP contribution in [0.1, 0.15) is 46.5 Å². The third-order valence-electron chi connectivity index (χ3n) is 2.95. The predicted molar refractivity (Wildman–Crippen MR) is 71.6 cm³/mol. The summed E-state index contributed by atoms with van der Waals surface area (Å²) >= 11 is 0. The highest BCUT2D eigenvalue weighted by atomic mass is 16.4. The topological polar surface area (TPSA) is 69.6 Å². The van der Waals surface area contributed by atoms with Gasteiger partial charge in [-0.15, -0.1) is 0 Å². The van der Waals surface area contributed by atoms with Gasteiger partial charge >= 0.3 is 12.0 Å². The van der Waals surface area contributed by atoms with Crippen LogP contribution in [0.3, 0.4) is 0 Å². The van der Waals surface area contributed by atoms with Crippen molar-refractivity contribution in [2.75, 3.05) is 13.6 Å².